The molecule has 1 atom stereocenters. The van der Waals surface area contributed by atoms with Gasteiger partial charge in [-0.2, -0.15) is 0 Å². The molecule has 0 aliphatic heterocycles. The second-order valence-corrected chi connectivity index (χ2v) is 8.46. The molecule has 2 rings (SSSR count). The Hall–Kier alpha value is -0.620. The number of sulfonamides is 1. The Kier molecular flexibility index (Phi) is 4.98. The van der Waals surface area contributed by atoms with Crippen LogP contribution in [0.4, 0.5) is 0 Å². The van der Waals surface area contributed by atoms with E-state index in [0.717, 1.165) is 24.8 Å². The fourth-order valence-electron chi connectivity index (χ4n) is 2.84. The van der Waals surface area contributed by atoms with Gasteiger partial charge in [0.1, 0.15) is 0 Å². The quantitative estimate of drug-likeness (QED) is 0.872. The average Bonchev–Trinajstić information content (AvgIpc) is 2.71. The van der Waals surface area contributed by atoms with Crippen LogP contribution < -0.4 is 10.0 Å². The zero-order valence-corrected chi connectivity index (χ0v) is 14.3. The van der Waals surface area contributed by atoms with Crippen molar-refractivity contribution in [3.05, 3.63) is 28.8 Å². The van der Waals surface area contributed by atoms with Crippen molar-refractivity contribution in [2.24, 2.45) is 5.41 Å². The third kappa shape index (κ3) is 3.77. The standard InChI is InChI=1S/C15H23ClN2O2S/c1-15(2)8-4-5-14(15)18-21(19,20)12-6-7-13(16)11(9-12)10-17-3/h6-7,9,14,17-18H,4-5,8,10H2,1-3H3. The molecule has 0 heterocycles. The maximum Gasteiger partial charge on any atom is 0.240 e. The molecule has 1 aromatic carbocycles. The summed E-state index contributed by atoms with van der Waals surface area (Å²) in [5.74, 6) is 0. The van der Waals surface area contributed by atoms with Gasteiger partial charge in [-0.3, -0.25) is 0 Å². The van der Waals surface area contributed by atoms with Crippen LogP contribution in [0.1, 0.15) is 38.7 Å². The van der Waals surface area contributed by atoms with Gasteiger partial charge in [0.15, 0.2) is 0 Å². The molecule has 1 aliphatic rings. The second-order valence-electron chi connectivity index (χ2n) is 6.34. The molecule has 118 valence electrons. The van der Waals surface area contributed by atoms with Crippen LogP contribution in [0, 0.1) is 5.41 Å². The largest absolute Gasteiger partial charge is 0.316 e. The normalized spacial score (nSPS) is 21.6. The Morgan fingerprint density at radius 1 is 1.38 bits per heavy atom. The molecule has 2 N–H and O–H groups in total. The number of hydrogen-bond acceptors (Lipinski definition) is 3. The molecule has 0 bridgehead atoms. The summed E-state index contributed by atoms with van der Waals surface area (Å²) in [6, 6.07) is 4.84. The van der Waals surface area contributed by atoms with Gasteiger partial charge < -0.3 is 5.32 Å². The minimum atomic E-state index is -3.51. The van der Waals surface area contributed by atoms with Gasteiger partial charge in [-0.1, -0.05) is 31.9 Å². The molecule has 0 spiro atoms. The summed E-state index contributed by atoms with van der Waals surface area (Å²) >= 11 is 6.09. The van der Waals surface area contributed by atoms with E-state index < -0.39 is 10.0 Å². The van der Waals surface area contributed by atoms with Crippen LogP contribution in [0.3, 0.4) is 0 Å². The molecule has 0 aromatic heterocycles. The van der Waals surface area contributed by atoms with Crippen LogP contribution in [0.25, 0.3) is 0 Å². The molecule has 6 heteroatoms. The van der Waals surface area contributed by atoms with Crippen LogP contribution in [-0.4, -0.2) is 21.5 Å². The highest BCUT2D eigenvalue weighted by Gasteiger charge is 2.37. The highest BCUT2D eigenvalue weighted by Crippen LogP contribution is 2.38. The first kappa shape index (κ1) is 16.7. The van der Waals surface area contributed by atoms with Gasteiger partial charge in [0.05, 0.1) is 4.90 Å². The third-order valence-corrected chi connectivity index (χ3v) is 6.09. The van der Waals surface area contributed by atoms with Crippen LogP contribution >= 0.6 is 11.6 Å². The van der Waals surface area contributed by atoms with E-state index in [-0.39, 0.29) is 16.4 Å². The summed E-state index contributed by atoms with van der Waals surface area (Å²) in [6.07, 6.45) is 3.00. The summed E-state index contributed by atoms with van der Waals surface area (Å²) in [6.45, 7) is 4.76. The van der Waals surface area contributed by atoms with Crippen molar-refractivity contribution in [3.63, 3.8) is 0 Å². The molecule has 4 nitrogen and oxygen atoms in total. The molecule has 21 heavy (non-hydrogen) atoms. The van der Waals surface area contributed by atoms with Crippen LogP contribution in [0.2, 0.25) is 5.02 Å². The van der Waals surface area contributed by atoms with Crippen molar-refractivity contribution in [3.8, 4) is 0 Å². The lowest BCUT2D eigenvalue weighted by atomic mass is 9.88. The molecular formula is C15H23ClN2O2S. The van der Waals surface area contributed by atoms with Crippen molar-refractivity contribution in [1.29, 1.82) is 0 Å². The Bertz CT molecular complexity index is 614. The maximum absolute atomic E-state index is 12.6. The van der Waals surface area contributed by atoms with E-state index in [1.807, 2.05) is 0 Å². The molecule has 1 saturated carbocycles. The molecule has 1 aromatic rings. The molecule has 1 fully saturated rings. The zero-order chi connectivity index (χ0) is 15.7. The average molecular weight is 331 g/mol. The van der Waals surface area contributed by atoms with Gasteiger partial charge in [-0.25, -0.2) is 13.1 Å². The first-order valence-electron chi connectivity index (χ1n) is 7.21. The van der Waals surface area contributed by atoms with Gasteiger partial charge in [-0.05, 0) is 49.1 Å². The first-order valence-corrected chi connectivity index (χ1v) is 9.08. The van der Waals surface area contributed by atoms with Crippen molar-refractivity contribution in [2.45, 2.75) is 50.6 Å². The monoisotopic (exact) mass is 330 g/mol. The molecule has 1 unspecified atom stereocenters. The molecule has 1 aliphatic carbocycles. The van der Waals surface area contributed by atoms with Crippen molar-refractivity contribution < 1.29 is 8.42 Å². The predicted molar refractivity (Wildman–Crippen MR) is 86.0 cm³/mol. The van der Waals surface area contributed by atoms with Crippen LogP contribution in [0.15, 0.2) is 23.1 Å². The van der Waals surface area contributed by atoms with Gasteiger partial charge in [0.2, 0.25) is 10.0 Å². The number of benzene rings is 1. The van der Waals surface area contributed by atoms with Gasteiger partial charge in [-0.15, -0.1) is 0 Å². The molecule has 0 radical (unpaired) electrons. The van der Waals surface area contributed by atoms with Crippen molar-refractivity contribution >= 4 is 21.6 Å². The lowest BCUT2D eigenvalue weighted by Gasteiger charge is -2.27. The fraction of sp³-hybridized carbons (Fsp3) is 0.600. The zero-order valence-electron chi connectivity index (χ0n) is 12.7. The number of halogens is 1. The van der Waals surface area contributed by atoms with E-state index in [1.165, 1.54) is 0 Å². The lowest BCUT2D eigenvalue weighted by Crippen LogP contribution is -2.41. The van der Waals surface area contributed by atoms with Gasteiger partial charge >= 0.3 is 0 Å². The van der Waals surface area contributed by atoms with E-state index in [4.69, 9.17) is 11.6 Å². The van der Waals surface area contributed by atoms with E-state index >= 15 is 0 Å². The topological polar surface area (TPSA) is 58.2 Å². The number of nitrogens with one attached hydrogen (secondary N) is 2. The first-order chi connectivity index (χ1) is 9.76. The lowest BCUT2D eigenvalue weighted by molar-refractivity contribution is 0.313. The van der Waals surface area contributed by atoms with Crippen molar-refractivity contribution in [2.75, 3.05) is 7.05 Å². The van der Waals surface area contributed by atoms with Crippen LogP contribution in [0.5, 0.6) is 0 Å². The van der Waals surface area contributed by atoms with E-state index in [9.17, 15) is 8.42 Å². The summed E-state index contributed by atoms with van der Waals surface area (Å²) in [5, 5.41) is 3.56. The van der Waals surface area contributed by atoms with E-state index in [2.05, 4.69) is 23.9 Å². The van der Waals surface area contributed by atoms with Gasteiger partial charge in [0.25, 0.3) is 0 Å². The Morgan fingerprint density at radius 2 is 2.10 bits per heavy atom. The minimum Gasteiger partial charge on any atom is -0.316 e. The van der Waals surface area contributed by atoms with Crippen LogP contribution in [-0.2, 0) is 16.6 Å². The number of hydrogen-bond donors (Lipinski definition) is 2. The number of rotatable bonds is 5. The van der Waals surface area contributed by atoms with Crippen molar-refractivity contribution in [1.82, 2.24) is 10.0 Å². The minimum absolute atomic E-state index is 0.00724. The molecule has 0 saturated heterocycles. The fourth-order valence-corrected chi connectivity index (χ4v) is 4.52. The highest BCUT2D eigenvalue weighted by atomic mass is 35.5. The second kappa shape index (κ2) is 6.24. The summed E-state index contributed by atoms with van der Waals surface area (Å²) < 4.78 is 28.0. The molecular weight excluding hydrogens is 308 g/mol. The van der Waals surface area contributed by atoms with E-state index in [1.54, 1.807) is 25.2 Å². The maximum atomic E-state index is 12.6. The Morgan fingerprint density at radius 3 is 2.67 bits per heavy atom. The van der Waals surface area contributed by atoms with Gasteiger partial charge in [0, 0.05) is 17.6 Å². The van der Waals surface area contributed by atoms with E-state index in [0.29, 0.717) is 11.6 Å². The molecule has 0 amide bonds. The SMILES string of the molecule is CNCc1cc(S(=O)(=O)NC2CCCC2(C)C)ccc1Cl. The Balaban J connectivity index is 2.25. The predicted octanol–water partition coefficient (Wildman–Crippen LogP) is 2.92. The third-order valence-electron chi connectivity index (χ3n) is 4.25. The summed E-state index contributed by atoms with van der Waals surface area (Å²) in [5.41, 5.74) is 0.792. The Labute approximate surface area is 132 Å². The smallest absolute Gasteiger partial charge is 0.240 e. The highest BCUT2D eigenvalue weighted by molar-refractivity contribution is 7.89. The summed E-state index contributed by atoms with van der Waals surface area (Å²) in [7, 11) is -1.71. The summed E-state index contributed by atoms with van der Waals surface area (Å²) in [4.78, 5) is 0.278.